The molecule has 4 atom stereocenters. The number of nitrogens with two attached hydrogens (primary N) is 2. The number of aliphatic imine (C=N–C) groups is 1. The monoisotopic (exact) mass is 513 g/mol. The van der Waals surface area contributed by atoms with Crippen LogP contribution in [0.4, 0.5) is 0 Å². The molecule has 14 heteroatoms. The second-order valence-corrected chi connectivity index (χ2v) is 9.18. The summed E-state index contributed by atoms with van der Waals surface area (Å²) in [4.78, 5) is 64.8. The van der Waals surface area contributed by atoms with E-state index >= 15 is 0 Å². The Morgan fingerprint density at radius 1 is 0.972 bits per heavy atom. The van der Waals surface area contributed by atoms with Gasteiger partial charge in [0.1, 0.15) is 18.1 Å². The highest BCUT2D eigenvalue weighted by Gasteiger charge is 2.31. The maximum Gasteiger partial charge on any atom is 0.326 e. The number of carboxylic acid groups (broad SMARTS) is 2. The normalized spacial score (nSPS) is 17.5. The van der Waals surface area contributed by atoms with Crippen molar-refractivity contribution in [2.45, 2.75) is 83.0 Å². The molecule has 0 radical (unpaired) electrons. The Bertz CT molecular complexity index is 809. The molecule has 36 heavy (non-hydrogen) atoms. The van der Waals surface area contributed by atoms with Crippen LogP contribution in [0.5, 0.6) is 0 Å². The van der Waals surface area contributed by atoms with Crippen molar-refractivity contribution in [1.29, 1.82) is 0 Å². The summed E-state index contributed by atoms with van der Waals surface area (Å²) in [5.74, 6) is -4.41. The minimum atomic E-state index is -1.43. The van der Waals surface area contributed by atoms with Crippen molar-refractivity contribution < 1.29 is 34.2 Å². The summed E-state index contributed by atoms with van der Waals surface area (Å²) < 4.78 is 0. The largest absolute Gasteiger partial charge is 0.481 e. The average Bonchev–Trinajstić information content (AvgIpc) is 3.32. The number of nitrogens with one attached hydrogen (secondary N) is 4. The molecule has 1 heterocycles. The van der Waals surface area contributed by atoms with E-state index in [0.29, 0.717) is 19.4 Å². The van der Waals surface area contributed by atoms with Crippen molar-refractivity contribution in [1.82, 2.24) is 21.3 Å². The van der Waals surface area contributed by atoms with E-state index in [1.165, 1.54) is 0 Å². The topological polar surface area (TPSA) is 238 Å². The summed E-state index contributed by atoms with van der Waals surface area (Å²) in [6.07, 6.45) is 1.50. The Balaban J connectivity index is 2.95. The molecule has 3 amide bonds. The van der Waals surface area contributed by atoms with Gasteiger partial charge >= 0.3 is 11.9 Å². The molecule has 1 saturated heterocycles. The first-order valence-electron chi connectivity index (χ1n) is 12.0. The Morgan fingerprint density at radius 2 is 1.61 bits per heavy atom. The molecule has 0 spiro atoms. The summed E-state index contributed by atoms with van der Waals surface area (Å²) in [6, 6.07) is -3.91. The van der Waals surface area contributed by atoms with E-state index < -0.39 is 54.3 Å². The molecule has 0 aromatic carbocycles. The van der Waals surface area contributed by atoms with Gasteiger partial charge in [-0.05, 0) is 51.0 Å². The van der Waals surface area contributed by atoms with E-state index in [1.54, 1.807) is 0 Å². The fourth-order valence-corrected chi connectivity index (χ4v) is 3.73. The zero-order valence-corrected chi connectivity index (χ0v) is 20.8. The van der Waals surface area contributed by atoms with Crippen LogP contribution >= 0.6 is 0 Å². The van der Waals surface area contributed by atoms with Crippen LogP contribution in [0.15, 0.2) is 4.99 Å². The van der Waals surface area contributed by atoms with E-state index in [9.17, 15) is 29.1 Å². The first-order chi connectivity index (χ1) is 16.9. The van der Waals surface area contributed by atoms with Gasteiger partial charge in [0.05, 0.1) is 6.04 Å². The van der Waals surface area contributed by atoms with Crippen molar-refractivity contribution >= 4 is 35.6 Å². The van der Waals surface area contributed by atoms with Crippen molar-refractivity contribution in [2.75, 3.05) is 13.1 Å². The smallest absolute Gasteiger partial charge is 0.326 e. The Morgan fingerprint density at radius 3 is 2.14 bits per heavy atom. The van der Waals surface area contributed by atoms with Crippen molar-refractivity contribution in [3.05, 3.63) is 0 Å². The highest BCUT2D eigenvalue weighted by Crippen LogP contribution is 2.10. The molecule has 10 N–H and O–H groups in total. The molecule has 0 bridgehead atoms. The van der Waals surface area contributed by atoms with Crippen LogP contribution in [0.2, 0.25) is 0 Å². The zero-order valence-electron chi connectivity index (χ0n) is 20.8. The van der Waals surface area contributed by atoms with Crippen LogP contribution < -0.4 is 32.7 Å². The van der Waals surface area contributed by atoms with Gasteiger partial charge in [-0.1, -0.05) is 13.8 Å². The predicted octanol–water partition coefficient (Wildman–Crippen LogP) is -1.76. The highest BCUT2D eigenvalue weighted by atomic mass is 16.4. The molecule has 1 aliphatic rings. The summed E-state index contributed by atoms with van der Waals surface area (Å²) >= 11 is 0. The molecule has 0 aromatic rings. The van der Waals surface area contributed by atoms with Crippen LogP contribution in [-0.4, -0.2) is 83.1 Å². The number of aliphatic carboxylic acids is 2. The molecule has 14 nitrogen and oxygen atoms in total. The second-order valence-electron chi connectivity index (χ2n) is 9.18. The third-order valence-electron chi connectivity index (χ3n) is 5.56. The van der Waals surface area contributed by atoms with E-state index in [-0.39, 0.29) is 43.6 Å². The molecular formula is C22H39N7O7. The Kier molecular flexibility index (Phi) is 13.2. The van der Waals surface area contributed by atoms with E-state index in [2.05, 4.69) is 26.3 Å². The van der Waals surface area contributed by atoms with E-state index in [0.717, 1.165) is 6.42 Å². The number of guanidine groups is 1. The zero-order chi connectivity index (χ0) is 27.3. The summed E-state index contributed by atoms with van der Waals surface area (Å²) in [5.41, 5.74) is 10.7. The molecule has 1 fully saturated rings. The number of hydrogen-bond donors (Lipinski definition) is 8. The molecule has 4 unspecified atom stereocenters. The van der Waals surface area contributed by atoms with Crippen LogP contribution in [0.25, 0.3) is 0 Å². The quantitative estimate of drug-likeness (QED) is 0.0657. The molecular weight excluding hydrogens is 474 g/mol. The van der Waals surface area contributed by atoms with Crippen molar-refractivity contribution in [3.63, 3.8) is 0 Å². The number of carboxylic acids is 2. The highest BCUT2D eigenvalue weighted by molar-refractivity contribution is 5.94. The second kappa shape index (κ2) is 15.5. The summed E-state index contributed by atoms with van der Waals surface area (Å²) in [5, 5.41) is 28.9. The molecule has 0 aromatic heterocycles. The number of amides is 3. The maximum absolute atomic E-state index is 13.1. The lowest BCUT2D eigenvalue weighted by molar-refractivity contribution is -0.143. The standard InChI is InChI=1S/C22H39N7O7/c1-12(2)11-16(20(34)28-15(21(35)36)7-8-17(30)31)29-19(33)14(6-4-10-26-22(23)24)27-18(32)13-5-3-9-25-13/h12-16,25H,3-11H2,1-2H3,(H,27,32)(H,28,34)(H,29,33)(H,30,31)(H,35,36)(H4,23,24,26). The number of carbonyl (C=O) groups is 5. The van der Waals surface area contributed by atoms with Gasteiger partial charge in [-0.25, -0.2) is 4.79 Å². The number of nitrogens with zero attached hydrogens (tertiary/aromatic N) is 1. The Hall–Kier alpha value is -3.42. The summed E-state index contributed by atoms with van der Waals surface area (Å²) in [6.45, 7) is 4.59. The minimum absolute atomic E-state index is 0.0408. The van der Waals surface area contributed by atoms with Crippen LogP contribution in [0.1, 0.15) is 58.8 Å². The van der Waals surface area contributed by atoms with Gasteiger partial charge in [-0.3, -0.25) is 24.2 Å². The Labute approximate surface area is 210 Å². The van der Waals surface area contributed by atoms with Crippen molar-refractivity contribution in [2.24, 2.45) is 22.4 Å². The van der Waals surface area contributed by atoms with Crippen LogP contribution in [0.3, 0.4) is 0 Å². The van der Waals surface area contributed by atoms with Gasteiger partial charge < -0.3 is 42.9 Å². The van der Waals surface area contributed by atoms with Gasteiger partial charge in [-0.15, -0.1) is 0 Å². The molecule has 0 saturated carbocycles. The van der Waals surface area contributed by atoms with Crippen molar-refractivity contribution in [3.8, 4) is 0 Å². The van der Waals surface area contributed by atoms with Gasteiger partial charge in [-0.2, -0.15) is 0 Å². The number of carbonyl (C=O) groups excluding carboxylic acids is 3. The minimum Gasteiger partial charge on any atom is -0.481 e. The first-order valence-corrected chi connectivity index (χ1v) is 12.0. The molecule has 1 rings (SSSR count). The maximum atomic E-state index is 13.1. The molecule has 0 aliphatic carbocycles. The predicted molar refractivity (Wildman–Crippen MR) is 131 cm³/mol. The van der Waals surface area contributed by atoms with E-state index in [4.69, 9.17) is 16.6 Å². The number of rotatable bonds is 16. The lowest BCUT2D eigenvalue weighted by Crippen LogP contribution is -2.57. The first kappa shape index (κ1) is 30.6. The average molecular weight is 514 g/mol. The fourth-order valence-electron chi connectivity index (χ4n) is 3.73. The van der Waals surface area contributed by atoms with Crippen LogP contribution in [0, 0.1) is 5.92 Å². The van der Waals surface area contributed by atoms with Gasteiger partial charge in [0.2, 0.25) is 17.7 Å². The molecule has 1 aliphatic heterocycles. The third kappa shape index (κ3) is 11.8. The van der Waals surface area contributed by atoms with Gasteiger partial charge in [0.15, 0.2) is 5.96 Å². The number of hydrogen-bond acceptors (Lipinski definition) is 7. The lowest BCUT2D eigenvalue weighted by Gasteiger charge is -2.26. The molecule has 204 valence electrons. The lowest BCUT2D eigenvalue weighted by atomic mass is 10.0. The van der Waals surface area contributed by atoms with Crippen LogP contribution in [-0.2, 0) is 24.0 Å². The van der Waals surface area contributed by atoms with Gasteiger partial charge in [0, 0.05) is 13.0 Å². The fraction of sp³-hybridized carbons (Fsp3) is 0.727. The summed E-state index contributed by atoms with van der Waals surface area (Å²) in [7, 11) is 0. The SMILES string of the molecule is CC(C)CC(NC(=O)C(CCCN=C(N)N)NC(=O)C1CCCN1)C(=O)NC(CCC(=O)O)C(=O)O. The third-order valence-corrected chi connectivity index (χ3v) is 5.56. The van der Waals surface area contributed by atoms with Gasteiger partial charge in [0.25, 0.3) is 0 Å². The van der Waals surface area contributed by atoms with E-state index in [1.807, 2.05) is 13.8 Å².